The predicted molar refractivity (Wildman–Crippen MR) is 116 cm³/mol. The molecular weight excluding hydrogens is 514 g/mol. The summed E-state index contributed by atoms with van der Waals surface area (Å²) in [5.74, 6) is 0.705. The average molecular weight is 535 g/mol. The van der Waals surface area contributed by atoms with Crippen LogP contribution in [0.25, 0.3) is 5.65 Å². The highest BCUT2D eigenvalue weighted by atomic mass is 127. The van der Waals surface area contributed by atoms with E-state index in [0.717, 1.165) is 11.7 Å². The van der Waals surface area contributed by atoms with Crippen molar-refractivity contribution < 1.29 is 17.9 Å². The highest BCUT2D eigenvalue weighted by molar-refractivity contribution is 14.0. The van der Waals surface area contributed by atoms with Crippen LogP contribution < -0.4 is 15.4 Å². The van der Waals surface area contributed by atoms with Gasteiger partial charge in [-0.1, -0.05) is 6.07 Å². The Balaban J connectivity index is 0.00000320. The SMILES string of the molecule is CCNC(=NCc1nnc2ccccn12)NCCOc1ncccc1C(F)(F)F.I. The molecule has 0 amide bonds. The van der Waals surface area contributed by atoms with Gasteiger partial charge in [0.15, 0.2) is 17.4 Å². The van der Waals surface area contributed by atoms with Crippen molar-refractivity contribution in [1.82, 2.24) is 30.2 Å². The minimum atomic E-state index is -4.52. The fourth-order valence-electron chi connectivity index (χ4n) is 2.53. The molecule has 8 nitrogen and oxygen atoms in total. The molecule has 0 aliphatic carbocycles. The van der Waals surface area contributed by atoms with Crippen molar-refractivity contribution in [3.63, 3.8) is 0 Å². The average Bonchev–Trinajstić information content (AvgIpc) is 3.12. The molecule has 0 radical (unpaired) electrons. The van der Waals surface area contributed by atoms with E-state index in [9.17, 15) is 13.2 Å². The summed E-state index contributed by atoms with van der Waals surface area (Å²) < 4.78 is 45.9. The summed E-state index contributed by atoms with van der Waals surface area (Å²) in [6.45, 7) is 3.02. The lowest BCUT2D eigenvalue weighted by atomic mass is 10.2. The van der Waals surface area contributed by atoms with E-state index < -0.39 is 17.6 Å². The topological polar surface area (TPSA) is 88.7 Å². The molecular formula is C18H21F3IN7O. The van der Waals surface area contributed by atoms with Crippen molar-refractivity contribution in [2.45, 2.75) is 19.6 Å². The highest BCUT2D eigenvalue weighted by Gasteiger charge is 2.34. The van der Waals surface area contributed by atoms with Gasteiger partial charge in [-0.25, -0.2) is 9.98 Å². The standard InChI is InChI=1S/C18H20F3N7O.HI/c1-2-22-17(25-12-15-27-26-14-7-3-4-10-28(14)15)24-9-11-29-16-13(18(19,20)21)6-5-8-23-16;/h3-8,10H,2,9,11-12H2,1H3,(H2,22,24,25);1H. The number of ether oxygens (including phenoxy) is 1. The number of aromatic nitrogens is 4. The van der Waals surface area contributed by atoms with Gasteiger partial charge in [0.2, 0.25) is 5.88 Å². The number of fused-ring (bicyclic) bond motifs is 1. The molecule has 162 valence electrons. The van der Waals surface area contributed by atoms with Gasteiger partial charge >= 0.3 is 6.18 Å². The van der Waals surface area contributed by atoms with Crippen molar-refractivity contribution in [3.8, 4) is 5.88 Å². The van der Waals surface area contributed by atoms with E-state index in [1.54, 1.807) is 0 Å². The number of halogens is 4. The molecule has 0 unspecified atom stereocenters. The Kier molecular flexibility index (Phi) is 8.62. The number of aliphatic imine (C=N–C) groups is 1. The third-order valence-electron chi connectivity index (χ3n) is 3.82. The molecule has 3 heterocycles. The van der Waals surface area contributed by atoms with Crippen LogP contribution in [0.15, 0.2) is 47.7 Å². The zero-order valence-electron chi connectivity index (χ0n) is 16.1. The third-order valence-corrected chi connectivity index (χ3v) is 3.82. The summed E-state index contributed by atoms with van der Waals surface area (Å²) in [6.07, 6.45) is -1.42. The first kappa shape index (κ1) is 23.6. The third kappa shape index (κ3) is 6.18. The summed E-state index contributed by atoms with van der Waals surface area (Å²) in [5.41, 5.74) is -0.181. The summed E-state index contributed by atoms with van der Waals surface area (Å²) in [7, 11) is 0. The molecule has 0 bridgehead atoms. The first-order valence-electron chi connectivity index (χ1n) is 8.95. The minimum absolute atomic E-state index is 0. The molecule has 3 aromatic heterocycles. The van der Waals surface area contributed by atoms with Crippen LogP contribution in [0, 0.1) is 0 Å². The van der Waals surface area contributed by atoms with Gasteiger partial charge in [-0.3, -0.25) is 4.40 Å². The Bertz CT molecular complexity index is 978. The second kappa shape index (κ2) is 10.9. The van der Waals surface area contributed by atoms with Gasteiger partial charge in [-0.05, 0) is 31.2 Å². The van der Waals surface area contributed by atoms with Crippen molar-refractivity contribution in [2.24, 2.45) is 4.99 Å². The zero-order chi connectivity index (χ0) is 20.7. The largest absolute Gasteiger partial charge is 0.475 e. The summed E-state index contributed by atoms with van der Waals surface area (Å²) in [6, 6.07) is 7.74. The number of hydrogen-bond donors (Lipinski definition) is 2. The molecule has 12 heteroatoms. The number of guanidine groups is 1. The molecule has 0 spiro atoms. The lowest BCUT2D eigenvalue weighted by Crippen LogP contribution is -2.39. The van der Waals surface area contributed by atoms with Gasteiger partial charge in [0.1, 0.15) is 18.7 Å². The Morgan fingerprint density at radius 1 is 1.17 bits per heavy atom. The van der Waals surface area contributed by atoms with Crippen LogP contribution in [0.4, 0.5) is 13.2 Å². The van der Waals surface area contributed by atoms with Crippen LogP contribution >= 0.6 is 24.0 Å². The first-order chi connectivity index (χ1) is 14.0. The van der Waals surface area contributed by atoms with Crippen LogP contribution in [0.1, 0.15) is 18.3 Å². The van der Waals surface area contributed by atoms with Crippen LogP contribution in [-0.2, 0) is 12.7 Å². The molecule has 0 aromatic carbocycles. The van der Waals surface area contributed by atoms with Crippen molar-refractivity contribution in [2.75, 3.05) is 19.7 Å². The Labute approximate surface area is 188 Å². The number of alkyl halides is 3. The van der Waals surface area contributed by atoms with Crippen LogP contribution in [-0.4, -0.2) is 45.2 Å². The summed E-state index contributed by atoms with van der Waals surface area (Å²) in [5, 5.41) is 14.2. The van der Waals surface area contributed by atoms with E-state index in [1.807, 2.05) is 35.7 Å². The maximum absolute atomic E-state index is 13.0. The van der Waals surface area contributed by atoms with Gasteiger partial charge in [-0.15, -0.1) is 34.2 Å². The number of nitrogens with zero attached hydrogens (tertiary/aromatic N) is 5. The predicted octanol–water partition coefficient (Wildman–Crippen LogP) is 2.90. The molecule has 2 N–H and O–H groups in total. The Hall–Kier alpha value is -2.64. The molecule has 30 heavy (non-hydrogen) atoms. The van der Waals surface area contributed by atoms with E-state index in [0.29, 0.717) is 18.3 Å². The molecule has 0 saturated carbocycles. The number of nitrogens with one attached hydrogen (secondary N) is 2. The number of pyridine rings is 2. The molecule has 0 fully saturated rings. The van der Waals surface area contributed by atoms with Crippen molar-refractivity contribution >= 4 is 35.6 Å². The quantitative estimate of drug-likeness (QED) is 0.210. The van der Waals surface area contributed by atoms with Crippen LogP contribution in [0.3, 0.4) is 0 Å². The molecule has 0 aliphatic heterocycles. The normalized spacial score (nSPS) is 11.8. The second-order valence-corrected chi connectivity index (χ2v) is 5.87. The zero-order valence-corrected chi connectivity index (χ0v) is 18.4. The van der Waals surface area contributed by atoms with E-state index in [2.05, 4.69) is 30.8 Å². The molecule has 3 rings (SSSR count). The molecule has 0 atom stereocenters. The minimum Gasteiger partial charge on any atom is -0.475 e. The highest BCUT2D eigenvalue weighted by Crippen LogP contribution is 2.34. The molecule has 0 aliphatic rings. The fraction of sp³-hybridized carbons (Fsp3) is 0.333. The lowest BCUT2D eigenvalue weighted by molar-refractivity contribution is -0.139. The van der Waals surface area contributed by atoms with Crippen LogP contribution in [0.5, 0.6) is 5.88 Å². The van der Waals surface area contributed by atoms with Gasteiger partial charge < -0.3 is 15.4 Å². The van der Waals surface area contributed by atoms with Gasteiger partial charge in [0.05, 0.1) is 6.54 Å². The Morgan fingerprint density at radius 3 is 2.77 bits per heavy atom. The molecule has 0 saturated heterocycles. The summed E-state index contributed by atoms with van der Waals surface area (Å²) >= 11 is 0. The van der Waals surface area contributed by atoms with E-state index in [1.165, 1.54) is 12.3 Å². The van der Waals surface area contributed by atoms with Crippen molar-refractivity contribution in [3.05, 3.63) is 54.1 Å². The summed E-state index contributed by atoms with van der Waals surface area (Å²) in [4.78, 5) is 8.09. The first-order valence-corrected chi connectivity index (χ1v) is 8.95. The maximum atomic E-state index is 13.0. The fourth-order valence-corrected chi connectivity index (χ4v) is 2.53. The smallest absolute Gasteiger partial charge is 0.421 e. The lowest BCUT2D eigenvalue weighted by Gasteiger charge is -2.14. The maximum Gasteiger partial charge on any atom is 0.421 e. The Morgan fingerprint density at radius 2 is 2.00 bits per heavy atom. The number of rotatable bonds is 7. The van der Waals surface area contributed by atoms with Gasteiger partial charge in [0.25, 0.3) is 0 Å². The van der Waals surface area contributed by atoms with E-state index >= 15 is 0 Å². The van der Waals surface area contributed by atoms with Gasteiger partial charge in [0, 0.05) is 18.9 Å². The van der Waals surface area contributed by atoms with Crippen molar-refractivity contribution in [1.29, 1.82) is 0 Å². The van der Waals surface area contributed by atoms with Gasteiger partial charge in [-0.2, -0.15) is 13.2 Å². The molecule has 3 aromatic rings. The van der Waals surface area contributed by atoms with E-state index in [-0.39, 0.29) is 43.7 Å². The monoisotopic (exact) mass is 535 g/mol. The second-order valence-electron chi connectivity index (χ2n) is 5.87. The van der Waals surface area contributed by atoms with Crippen LogP contribution in [0.2, 0.25) is 0 Å². The number of hydrogen-bond acceptors (Lipinski definition) is 5. The van der Waals surface area contributed by atoms with E-state index in [4.69, 9.17) is 4.74 Å².